The van der Waals surface area contributed by atoms with Gasteiger partial charge >= 0.3 is 5.97 Å². The summed E-state index contributed by atoms with van der Waals surface area (Å²) in [7, 11) is 1.58. The number of benzene rings is 1. The van der Waals surface area contributed by atoms with E-state index in [1.807, 2.05) is 6.07 Å². The highest BCUT2D eigenvalue weighted by atomic mass is 16.4. The Hall–Kier alpha value is -3.21. The van der Waals surface area contributed by atoms with Crippen molar-refractivity contribution in [3.63, 3.8) is 0 Å². The average Bonchev–Trinajstić information content (AvgIpc) is 2.95. The molecule has 2 aromatic rings. The van der Waals surface area contributed by atoms with Crippen LogP contribution >= 0.6 is 0 Å². The number of aromatic nitrogens is 3. The topological polar surface area (TPSA) is 112 Å². The van der Waals surface area contributed by atoms with Gasteiger partial charge < -0.3 is 10.0 Å². The molecule has 0 aliphatic heterocycles. The maximum absolute atomic E-state index is 12.1. The first-order valence-corrected chi connectivity index (χ1v) is 5.91. The smallest absolute Gasteiger partial charge is 0.358 e. The van der Waals surface area contributed by atoms with E-state index in [9.17, 15) is 9.59 Å². The molecular formula is C13H11N5O3. The van der Waals surface area contributed by atoms with Crippen LogP contribution in [0.4, 0.5) is 5.69 Å². The Morgan fingerprint density at radius 1 is 1.38 bits per heavy atom. The van der Waals surface area contributed by atoms with E-state index >= 15 is 0 Å². The molecule has 1 aromatic carbocycles. The van der Waals surface area contributed by atoms with E-state index in [1.54, 1.807) is 31.3 Å². The summed E-state index contributed by atoms with van der Waals surface area (Å²) in [6.07, 6.45) is 1.19. The second kappa shape index (κ2) is 5.83. The molecule has 1 aromatic heterocycles. The monoisotopic (exact) mass is 285 g/mol. The second-order valence-corrected chi connectivity index (χ2v) is 4.22. The van der Waals surface area contributed by atoms with E-state index in [0.717, 1.165) is 4.68 Å². The van der Waals surface area contributed by atoms with Gasteiger partial charge in [-0.1, -0.05) is 5.21 Å². The van der Waals surface area contributed by atoms with Crippen molar-refractivity contribution < 1.29 is 14.7 Å². The molecular weight excluding hydrogens is 274 g/mol. The molecule has 8 nitrogen and oxygen atoms in total. The summed E-state index contributed by atoms with van der Waals surface area (Å²) in [4.78, 5) is 24.1. The number of carbonyl (C=O) groups excluding carboxylic acids is 1. The van der Waals surface area contributed by atoms with Crippen LogP contribution < -0.4 is 4.90 Å². The van der Waals surface area contributed by atoms with Gasteiger partial charge in [0.25, 0.3) is 0 Å². The van der Waals surface area contributed by atoms with Crippen molar-refractivity contribution in [2.75, 3.05) is 11.9 Å². The van der Waals surface area contributed by atoms with Gasteiger partial charge in [-0.3, -0.25) is 4.79 Å². The van der Waals surface area contributed by atoms with Crippen LogP contribution in [0.15, 0.2) is 30.5 Å². The highest BCUT2D eigenvalue weighted by Crippen LogP contribution is 2.14. The predicted octanol–water partition coefficient (Wildman–Crippen LogP) is 0.511. The first kappa shape index (κ1) is 14.2. The lowest BCUT2D eigenvalue weighted by molar-refractivity contribution is -0.119. The molecule has 0 unspecified atom stereocenters. The van der Waals surface area contributed by atoms with Crippen LogP contribution in [0.5, 0.6) is 0 Å². The Labute approximate surface area is 119 Å². The minimum absolute atomic E-state index is 0.128. The van der Waals surface area contributed by atoms with Gasteiger partial charge in [-0.15, -0.1) is 5.10 Å². The highest BCUT2D eigenvalue weighted by molar-refractivity contribution is 5.92. The van der Waals surface area contributed by atoms with Gasteiger partial charge in [-0.05, 0) is 24.3 Å². The molecule has 1 amide bonds. The summed E-state index contributed by atoms with van der Waals surface area (Å²) in [5.41, 5.74) is 0.906. The predicted molar refractivity (Wildman–Crippen MR) is 71.5 cm³/mol. The Morgan fingerprint density at radius 2 is 2.05 bits per heavy atom. The standard InChI is InChI=1S/C13H11N5O3/c1-17(10-4-2-9(6-14)3-5-10)12(19)8-18-7-11(13(20)21)15-16-18/h2-5,7H,8H2,1H3,(H,20,21). The Bertz CT molecular complexity index is 714. The zero-order chi connectivity index (χ0) is 15.4. The molecule has 8 heteroatoms. The third-order valence-electron chi connectivity index (χ3n) is 2.81. The number of nitrogens with zero attached hydrogens (tertiary/aromatic N) is 5. The summed E-state index contributed by atoms with van der Waals surface area (Å²) >= 11 is 0. The number of aromatic carboxylic acids is 1. The van der Waals surface area contributed by atoms with Crippen molar-refractivity contribution in [1.29, 1.82) is 5.26 Å². The van der Waals surface area contributed by atoms with Crippen molar-refractivity contribution in [2.45, 2.75) is 6.54 Å². The lowest BCUT2D eigenvalue weighted by Gasteiger charge is -2.17. The molecule has 1 N–H and O–H groups in total. The summed E-state index contributed by atoms with van der Waals surface area (Å²) in [5.74, 6) is -1.49. The number of amides is 1. The molecule has 2 rings (SSSR count). The van der Waals surface area contributed by atoms with Crippen LogP contribution in [0.25, 0.3) is 0 Å². The van der Waals surface area contributed by atoms with E-state index in [1.165, 1.54) is 11.1 Å². The minimum atomic E-state index is -1.20. The summed E-state index contributed by atoms with van der Waals surface area (Å²) in [6, 6.07) is 8.52. The quantitative estimate of drug-likeness (QED) is 0.875. The number of hydrogen-bond acceptors (Lipinski definition) is 5. The van der Waals surface area contributed by atoms with Crippen LogP contribution in [0.3, 0.4) is 0 Å². The number of carboxylic acids is 1. The SMILES string of the molecule is CN(C(=O)Cn1cc(C(=O)O)nn1)c1ccc(C#N)cc1. The van der Waals surface area contributed by atoms with Gasteiger partial charge in [0.15, 0.2) is 5.69 Å². The zero-order valence-corrected chi connectivity index (χ0v) is 11.1. The lowest BCUT2D eigenvalue weighted by Crippen LogP contribution is -2.30. The molecule has 0 aliphatic rings. The average molecular weight is 285 g/mol. The van der Waals surface area contributed by atoms with Crippen LogP contribution in [-0.2, 0) is 11.3 Å². The number of carbonyl (C=O) groups is 2. The number of likely N-dealkylation sites (N-methyl/N-ethyl adjacent to an activating group) is 1. The first-order valence-electron chi connectivity index (χ1n) is 5.91. The van der Waals surface area contributed by atoms with Gasteiger partial charge in [-0.25, -0.2) is 9.48 Å². The number of hydrogen-bond donors (Lipinski definition) is 1. The van der Waals surface area contributed by atoms with Crippen LogP contribution in [-0.4, -0.2) is 39.0 Å². The van der Waals surface area contributed by atoms with Crippen molar-refractivity contribution >= 4 is 17.6 Å². The van der Waals surface area contributed by atoms with Crippen molar-refractivity contribution in [3.05, 3.63) is 41.7 Å². The Balaban J connectivity index is 2.07. The van der Waals surface area contributed by atoms with Gasteiger partial charge in [0.05, 0.1) is 17.8 Å². The molecule has 0 fully saturated rings. The molecule has 21 heavy (non-hydrogen) atoms. The van der Waals surface area contributed by atoms with Crippen molar-refractivity contribution in [3.8, 4) is 6.07 Å². The first-order chi connectivity index (χ1) is 10.0. The molecule has 106 valence electrons. The fourth-order valence-electron chi connectivity index (χ4n) is 1.62. The molecule has 0 aliphatic carbocycles. The van der Waals surface area contributed by atoms with Gasteiger partial charge in [0.2, 0.25) is 5.91 Å². The number of anilines is 1. The summed E-state index contributed by atoms with van der Waals surface area (Å²) in [6.45, 7) is -0.128. The van der Waals surface area contributed by atoms with Gasteiger partial charge in [0.1, 0.15) is 6.54 Å². The van der Waals surface area contributed by atoms with E-state index < -0.39 is 5.97 Å². The molecule has 1 heterocycles. The fraction of sp³-hybridized carbons (Fsp3) is 0.154. The Morgan fingerprint density at radius 3 is 2.57 bits per heavy atom. The third kappa shape index (κ3) is 3.22. The number of carboxylic acid groups (broad SMARTS) is 1. The maximum atomic E-state index is 12.1. The largest absolute Gasteiger partial charge is 0.476 e. The van der Waals surface area contributed by atoms with E-state index in [-0.39, 0.29) is 18.1 Å². The molecule has 0 radical (unpaired) electrons. The molecule has 0 saturated carbocycles. The molecule has 0 saturated heterocycles. The number of rotatable bonds is 4. The maximum Gasteiger partial charge on any atom is 0.358 e. The molecule has 0 bridgehead atoms. The second-order valence-electron chi connectivity index (χ2n) is 4.22. The van der Waals surface area contributed by atoms with E-state index in [2.05, 4.69) is 10.3 Å². The summed E-state index contributed by atoms with van der Waals surface area (Å²) < 4.78 is 1.16. The lowest BCUT2D eigenvalue weighted by atomic mass is 10.2. The zero-order valence-electron chi connectivity index (χ0n) is 11.1. The van der Waals surface area contributed by atoms with Crippen LogP contribution in [0.1, 0.15) is 16.1 Å². The number of nitriles is 1. The molecule has 0 spiro atoms. The highest BCUT2D eigenvalue weighted by Gasteiger charge is 2.14. The molecule has 0 atom stereocenters. The minimum Gasteiger partial charge on any atom is -0.476 e. The van der Waals surface area contributed by atoms with E-state index in [4.69, 9.17) is 10.4 Å². The third-order valence-corrected chi connectivity index (χ3v) is 2.81. The van der Waals surface area contributed by atoms with Gasteiger partial charge in [0, 0.05) is 12.7 Å². The van der Waals surface area contributed by atoms with E-state index in [0.29, 0.717) is 11.3 Å². The summed E-state index contributed by atoms with van der Waals surface area (Å²) in [5, 5.41) is 24.5. The normalized spacial score (nSPS) is 9.90. The Kier molecular flexibility index (Phi) is 3.95. The fourth-order valence-corrected chi connectivity index (χ4v) is 1.62. The van der Waals surface area contributed by atoms with Crippen LogP contribution in [0, 0.1) is 11.3 Å². The van der Waals surface area contributed by atoms with Crippen molar-refractivity contribution in [1.82, 2.24) is 15.0 Å². The van der Waals surface area contributed by atoms with Gasteiger partial charge in [-0.2, -0.15) is 5.26 Å². The van der Waals surface area contributed by atoms with Crippen molar-refractivity contribution in [2.24, 2.45) is 0 Å². The van der Waals surface area contributed by atoms with Crippen LogP contribution in [0.2, 0.25) is 0 Å².